The Balaban J connectivity index is 1.63. The second kappa shape index (κ2) is 6.99. The van der Waals surface area contributed by atoms with Crippen LogP contribution in [0.3, 0.4) is 0 Å². The van der Waals surface area contributed by atoms with Crippen LogP contribution in [0.2, 0.25) is 5.02 Å². The van der Waals surface area contributed by atoms with Crippen molar-refractivity contribution in [2.75, 3.05) is 19.8 Å². The predicted octanol–water partition coefficient (Wildman–Crippen LogP) is 3.76. The largest absolute Gasteiger partial charge is 0.451 e. The fourth-order valence-corrected chi connectivity index (χ4v) is 2.79. The minimum Gasteiger partial charge on any atom is -0.451 e. The summed E-state index contributed by atoms with van der Waals surface area (Å²) in [6.07, 6.45) is 2.14. The number of benzene rings is 1. The molecule has 1 fully saturated rings. The zero-order valence-electron chi connectivity index (χ0n) is 12.2. The van der Waals surface area contributed by atoms with Gasteiger partial charge >= 0.3 is 0 Å². The number of nitrogens with one attached hydrogen (secondary N) is 1. The Hall–Kier alpha value is -1.78. The molecule has 0 radical (unpaired) electrons. The van der Waals surface area contributed by atoms with E-state index in [0.717, 1.165) is 25.0 Å². The number of amides is 1. The van der Waals surface area contributed by atoms with Gasteiger partial charge in [0.2, 0.25) is 0 Å². The molecule has 2 aromatic rings. The zero-order valence-corrected chi connectivity index (χ0v) is 12.9. The molecular formula is C17H18ClNO3. The highest BCUT2D eigenvalue weighted by Gasteiger charge is 2.17. The van der Waals surface area contributed by atoms with Gasteiger partial charge in [-0.15, -0.1) is 0 Å². The monoisotopic (exact) mass is 319 g/mol. The van der Waals surface area contributed by atoms with E-state index in [1.165, 1.54) is 0 Å². The van der Waals surface area contributed by atoms with Crippen LogP contribution in [-0.4, -0.2) is 25.7 Å². The molecule has 2 heterocycles. The Morgan fingerprint density at radius 3 is 2.91 bits per heavy atom. The summed E-state index contributed by atoms with van der Waals surface area (Å²) in [4.78, 5) is 12.1. The third-order valence-corrected chi connectivity index (χ3v) is 4.10. The molecule has 1 N–H and O–H groups in total. The fraction of sp³-hybridized carbons (Fsp3) is 0.353. The quantitative estimate of drug-likeness (QED) is 0.933. The van der Waals surface area contributed by atoms with Gasteiger partial charge in [0.1, 0.15) is 5.76 Å². The van der Waals surface area contributed by atoms with Gasteiger partial charge in [0.25, 0.3) is 5.91 Å². The van der Waals surface area contributed by atoms with Crippen molar-refractivity contribution in [3.8, 4) is 11.3 Å². The molecule has 5 heteroatoms. The van der Waals surface area contributed by atoms with Gasteiger partial charge in [-0.25, -0.2) is 0 Å². The van der Waals surface area contributed by atoms with E-state index in [0.29, 0.717) is 35.6 Å². The normalized spacial score (nSPS) is 18.1. The Morgan fingerprint density at radius 1 is 1.27 bits per heavy atom. The number of carbonyl (C=O) groups excluding carboxylic acids is 1. The minimum atomic E-state index is -0.205. The molecular weight excluding hydrogens is 302 g/mol. The highest BCUT2D eigenvalue weighted by molar-refractivity contribution is 6.33. The molecule has 4 nitrogen and oxygen atoms in total. The molecule has 1 aromatic carbocycles. The Labute approximate surface area is 134 Å². The highest BCUT2D eigenvalue weighted by atomic mass is 35.5. The molecule has 1 aromatic heterocycles. The number of carbonyl (C=O) groups is 1. The first kappa shape index (κ1) is 15.1. The second-order valence-electron chi connectivity index (χ2n) is 5.44. The molecule has 3 rings (SSSR count). The lowest BCUT2D eigenvalue weighted by molar-refractivity contribution is 0.0533. The van der Waals surface area contributed by atoms with Crippen LogP contribution in [0, 0.1) is 5.92 Å². The summed E-state index contributed by atoms with van der Waals surface area (Å²) in [6, 6.07) is 10.8. The van der Waals surface area contributed by atoms with E-state index >= 15 is 0 Å². The molecule has 0 bridgehead atoms. The van der Waals surface area contributed by atoms with Crippen LogP contribution in [0.1, 0.15) is 23.4 Å². The average molecular weight is 320 g/mol. The summed E-state index contributed by atoms with van der Waals surface area (Å²) in [7, 11) is 0. The summed E-state index contributed by atoms with van der Waals surface area (Å²) in [6.45, 7) is 2.15. The van der Waals surface area contributed by atoms with E-state index in [1.807, 2.05) is 18.2 Å². The molecule has 0 spiro atoms. The smallest absolute Gasteiger partial charge is 0.287 e. The van der Waals surface area contributed by atoms with E-state index < -0.39 is 0 Å². The van der Waals surface area contributed by atoms with Gasteiger partial charge in [-0.1, -0.05) is 23.7 Å². The Morgan fingerprint density at radius 2 is 2.14 bits per heavy atom. The van der Waals surface area contributed by atoms with Crippen molar-refractivity contribution in [2.45, 2.75) is 12.8 Å². The maximum absolute atomic E-state index is 12.1. The van der Waals surface area contributed by atoms with Crippen molar-refractivity contribution in [1.82, 2.24) is 5.32 Å². The van der Waals surface area contributed by atoms with Crippen LogP contribution in [-0.2, 0) is 4.74 Å². The number of furan rings is 1. The molecule has 116 valence electrons. The van der Waals surface area contributed by atoms with Crippen molar-refractivity contribution in [2.24, 2.45) is 5.92 Å². The van der Waals surface area contributed by atoms with Gasteiger partial charge < -0.3 is 14.5 Å². The molecule has 22 heavy (non-hydrogen) atoms. The van der Waals surface area contributed by atoms with Gasteiger partial charge in [-0.2, -0.15) is 0 Å². The third kappa shape index (κ3) is 3.51. The van der Waals surface area contributed by atoms with E-state index in [1.54, 1.807) is 18.2 Å². The van der Waals surface area contributed by atoms with E-state index in [-0.39, 0.29) is 5.91 Å². The SMILES string of the molecule is O=C(NCC1CCCOC1)c1ccc(-c2ccccc2Cl)o1. The van der Waals surface area contributed by atoms with Crippen molar-refractivity contribution in [3.05, 3.63) is 47.2 Å². The lowest BCUT2D eigenvalue weighted by atomic mass is 10.0. The summed E-state index contributed by atoms with van der Waals surface area (Å²) < 4.78 is 11.0. The lowest BCUT2D eigenvalue weighted by Crippen LogP contribution is -2.33. The number of rotatable bonds is 4. The maximum atomic E-state index is 12.1. The first-order chi connectivity index (χ1) is 10.7. The maximum Gasteiger partial charge on any atom is 0.287 e. The van der Waals surface area contributed by atoms with Gasteiger partial charge in [0, 0.05) is 18.7 Å². The predicted molar refractivity (Wildman–Crippen MR) is 85.0 cm³/mol. The molecule has 1 saturated heterocycles. The minimum absolute atomic E-state index is 0.205. The first-order valence-corrected chi connectivity index (χ1v) is 7.82. The summed E-state index contributed by atoms with van der Waals surface area (Å²) in [5, 5.41) is 3.50. The van der Waals surface area contributed by atoms with Crippen molar-refractivity contribution in [1.29, 1.82) is 0 Å². The molecule has 1 atom stereocenters. The fourth-order valence-electron chi connectivity index (χ4n) is 2.56. The molecule has 1 unspecified atom stereocenters. The van der Waals surface area contributed by atoms with Gasteiger partial charge in [-0.05, 0) is 43.0 Å². The van der Waals surface area contributed by atoms with Crippen molar-refractivity contribution >= 4 is 17.5 Å². The number of hydrogen-bond acceptors (Lipinski definition) is 3. The van der Waals surface area contributed by atoms with Crippen LogP contribution in [0.25, 0.3) is 11.3 Å². The number of hydrogen-bond donors (Lipinski definition) is 1. The Bertz CT molecular complexity index is 647. The number of halogens is 1. The second-order valence-corrected chi connectivity index (χ2v) is 5.84. The summed E-state index contributed by atoms with van der Waals surface area (Å²) in [5.41, 5.74) is 0.781. The average Bonchev–Trinajstić information content (AvgIpc) is 3.04. The topological polar surface area (TPSA) is 51.5 Å². The van der Waals surface area contributed by atoms with Gasteiger partial charge in [0.05, 0.1) is 11.6 Å². The summed E-state index contributed by atoms with van der Waals surface area (Å²) in [5.74, 6) is 1.07. The Kier molecular flexibility index (Phi) is 4.80. The van der Waals surface area contributed by atoms with Crippen LogP contribution in [0.5, 0.6) is 0 Å². The van der Waals surface area contributed by atoms with Gasteiger partial charge in [-0.3, -0.25) is 4.79 Å². The first-order valence-electron chi connectivity index (χ1n) is 7.45. The molecule has 0 aliphatic carbocycles. The highest BCUT2D eigenvalue weighted by Crippen LogP contribution is 2.29. The molecule has 1 aliphatic heterocycles. The van der Waals surface area contributed by atoms with Crippen LogP contribution >= 0.6 is 11.6 Å². The molecule has 1 aliphatic rings. The standard InChI is InChI=1S/C17H18ClNO3/c18-14-6-2-1-5-13(14)15-7-8-16(22-15)17(20)19-10-12-4-3-9-21-11-12/h1-2,5-8,12H,3-4,9-11H2,(H,19,20). The van der Waals surface area contributed by atoms with Crippen LogP contribution in [0.4, 0.5) is 0 Å². The van der Waals surface area contributed by atoms with E-state index in [2.05, 4.69) is 5.32 Å². The van der Waals surface area contributed by atoms with Crippen LogP contribution in [0.15, 0.2) is 40.8 Å². The zero-order chi connectivity index (χ0) is 15.4. The molecule has 1 amide bonds. The molecule has 0 saturated carbocycles. The lowest BCUT2D eigenvalue weighted by Gasteiger charge is -2.21. The number of ether oxygens (including phenoxy) is 1. The van der Waals surface area contributed by atoms with E-state index in [9.17, 15) is 4.79 Å². The third-order valence-electron chi connectivity index (χ3n) is 3.77. The van der Waals surface area contributed by atoms with Crippen LogP contribution < -0.4 is 5.32 Å². The van der Waals surface area contributed by atoms with Gasteiger partial charge in [0.15, 0.2) is 5.76 Å². The van der Waals surface area contributed by atoms with Crippen molar-refractivity contribution < 1.29 is 13.9 Å². The summed E-state index contributed by atoms with van der Waals surface area (Å²) >= 11 is 6.14. The van der Waals surface area contributed by atoms with E-state index in [4.69, 9.17) is 20.8 Å². The van der Waals surface area contributed by atoms with Crippen molar-refractivity contribution in [3.63, 3.8) is 0 Å².